The third-order valence-electron chi connectivity index (χ3n) is 2.25. The van der Waals surface area contributed by atoms with Crippen LogP contribution < -0.4 is 5.32 Å². The number of carboxylic acid groups (broad SMARTS) is 1. The summed E-state index contributed by atoms with van der Waals surface area (Å²) in [6, 6.07) is 0. The van der Waals surface area contributed by atoms with Crippen LogP contribution in [0.5, 0.6) is 0 Å². The summed E-state index contributed by atoms with van der Waals surface area (Å²) in [4.78, 5) is 32.5. The van der Waals surface area contributed by atoms with Crippen LogP contribution in [0.2, 0.25) is 0 Å². The highest BCUT2D eigenvalue weighted by atomic mass is 31.2. The fraction of sp³-hybridized carbons (Fsp3) is 0.750. The van der Waals surface area contributed by atoms with Gasteiger partial charge in [-0.2, -0.15) is 0 Å². The number of amidine groups is 1. The van der Waals surface area contributed by atoms with Gasteiger partial charge in [-0.25, -0.2) is 4.79 Å². The standard InChI is InChI=1S/C8H15N2O5P/c11-8(12)7(16(13,14)15)10-6-4-2-1-3-5-9-6/h7H,1-5H2,(H,9,10)(H,11,12)(H2,13,14,15). The van der Waals surface area contributed by atoms with Gasteiger partial charge in [0, 0.05) is 13.0 Å². The Morgan fingerprint density at radius 2 is 2.06 bits per heavy atom. The van der Waals surface area contributed by atoms with Crippen molar-refractivity contribution in [3.05, 3.63) is 0 Å². The first kappa shape index (κ1) is 13.2. The van der Waals surface area contributed by atoms with Gasteiger partial charge >= 0.3 is 13.6 Å². The molecule has 1 rings (SSSR count). The minimum absolute atomic E-state index is 0.369. The van der Waals surface area contributed by atoms with E-state index in [4.69, 9.17) is 14.9 Å². The van der Waals surface area contributed by atoms with Crippen LogP contribution in [0, 0.1) is 0 Å². The van der Waals surface area contributed by atoms with Gasteiger partial charge in [0.05, 0.1) is 5.84 Å². The summed E-state index contributed by atoms with van der Waals surface area (Å²) < 4.78 is 10.9. The molecule has 0 saturated carbocycles. The number of rotatable bonds is 3. The number of nitrogens with one attached hydrogen (secondary N) is 1. The molecule has 0 aliphatic carbocycles. The maximum atomic E-state index is 10.9. The van der Waals surface area contributed by atoms with Gasteiger partial charge in [0.2, 0.25) is 5.78 Å². The van der Waals surface area contributed by atoms with E-state index in [9.17, 15) is 9.36 Å². The number of carboxylic acids is 1. The van der Waals surface area contributed by atoms with Crippen molar-refractivity contribution < 1.29 is 24.3 Å². The molecule has 0 fully saturated rings. The van der Waals surface area contributed by atoms with Crippen molar-refractivity contribution in [2.75, 3.05) is 6.54 Å². The van der Waals surface area contributed by atoms with Crippen LogP contribution >= 0.6 is 7.60 Å². The number of aliphatic carboxylic acids is 1. The molecule has 0 spiro atoms. The maximum Gasteiger partial charge on any atom is 0.359 e. The molecule has 4 N–H and O–H groups in total. The molecule has 8 heteroatoms. The first-order valence-corrected chi connectivity index (χ1v) is 6.67. The van der Waals surface area contributed by atoms with Crippen LogP contribution in [-0.4, -0.2) is 39.0 Å². The molecule has 0 aromatic rings. The molecule has 0 radical (unpaired) electrons. The number of hydrogen-bond acceptors (Lipinski definition) is 4. The minimum atomic E-state index is -4.70. The van der Waals surface area contributed by atoms with E-state index in [-0.39, 0.29) is 0 Å². The predicted octanol–water partition coefficient (Wildman–Crippen LogP) is 0.137. The molecule has 1 heterocycles. The van der Waals surface area contributed by atoms with Crippen LogP contribution in [-0.2, 0) is 9.36 Å². The van der Waals surface area contributed by atoms with Crippen molar-refractivity contribution >= 4 is 19.4 Å². The monoisotopic (exact) mass is 250 g/mol. The van der Waals surface area contributed by atoms with E-state index < -0.39 is 19.3 Å². The third-order valence-corrected chi connectivity index (χ3v) is 3.27. The molecular formula is C8H15N2O5P. The third kappa shape index (κ3) is 3.92. The smallest absolute Gasteiger partial charge is 0.359 e. The lowest BCUT2D eigenvalue weighted by Gasteiger charge is -2.17. The molecular weight excluding hydrogens is 235 g/mol. The summed E-state index contributed by atoms with van der Waals surface area (Å²) in [6.45, 7) is 0.565. The Kier molecular flexibility index (Phi) is 4.46. The van der Waals surface area contributed by atoms with E-state index >= 15 is 0 Å². The van der Waals surface area contributed by atoms with Crippen LogP contribution in [0.25, 0.3) is 0 Å². The average Bonchev–Trinajstić information content (AvgIpc) is 2.39. The van der Waals surface area contributed by atoms with Crippen LogP contribution in [0.4, 0.5) is 0 Å². The zero-order valence-electron chi connectivity index (χ0n) is 8.67. The van der Waals surface area contributed by atoms with E-state index in [0.717, 1.165) is 19.3 Å². The van der Waals surface area contributed by atoms with Crippen molar-refractivity contribution in [1.82, 2.24) is 5.32 Å². The largest absolute Gasteiger partial charge is 0.479 e. The van der Waals surface area contributed by atoms with Gasteiger partial charge in [0.25, 0.3) is 0 Å². The topological polar surface area (TPSA) is 119 Å². The number of carbonyl (C=O) groups is 1. The summed E-state index contributed by atoms with van der Waals surface area (Å²) in [5, 5.41) is 11.0. The van der Waals surface area contributed by atoms with E-state index in [1.54, 1.807) is 0 Å². The van der Waals surface area contributed by atoms with E-state index in [1.807, 2.05) is 0 Å². The van der Waals surface area contributed by atoms with Gasteiger partial charge in [-0.15, -0.1) is 0 Å². The Labute approximate surface area is 92.7 Å². The SMILES string of the molecule is O=C(O)C(NC1=NCCCCC1)P(=O)(O)O. The Bertz CT molecular complexity index is 337. The van der Waals surface area contributed by atoms with Gasteiger partial charge in [-0.3, -0.25) is 9.56 Å². The van der Waals surface area contributed by atoms with Crippen molar-refractivity contribution in [1.29, 1.82) is 0 Å². The average molecular weight is 250 g/mol. The van der Waals surface area contributed by atoms with Gasteiger partial charge in [-0.05, 0) is 12.8 Å². The fourth-order valence-corrected chi connectivity index (χ4v) is 2.04. The summed E-state index contributed by atoms with van der Waals surface area (Å²) >= 11 is 0. The van der Waals surface area contributed by atoms with Crippen LogP contribution in [0.3, 0.4) is 0 Å². The van der Waals surface area contributed by atoms with Crippen LogP contribution in [0.15, 0.2) is 4.99 Å². The highest BCUT2D eigenvalue weighted by Crippen LogP contribution is 2.39. The molecule has 1 aliphatic rings. The van der Waals surface area contributed by atoms with Crippen molar-refractivity contribution in [3.8, 4) is 0 Å². The molecule has 7 nitrogen and oxygen atoms in total. The minimum Gasteiger partial charge on any atom is -0.479 e. The molecule has 92 valence electrons. The quantitative estimate of drug-likeness (QED) is 0.529. The fourth-order valence-electron chi connectivity index (χ4n) is 1.44. The molecule has 0 bridgehead atoms. The molecule has 0 aromatic carbocycles. The van der Waals surface area contributed by atoms with E-state index in [1.165, 1.54) is 0 Å². The molecule has 1 unspecified atom stereocenters. The molecule has 0 aromatic heterocycles. The summed E-state index contributed by atoms with van der Waals surface area (Å²) in [5.41, 5.74) is 0. The summed E-state index contributed by atoms with van der Waals surface area (Å²) in [5.74, 6) is -3.10. The van der Waals surface area contributed by atoms with E-state index in [0.29, 0.717) is 18.8 Å². The van der Waals surface area contributed by atoms with Crippen LogP contribution in [0.1, 0.15) is 25.7 Å². The molecule has 1 atom stereocenters. The second-order valence-corrected chi connectivity index (χ2v) is 5.31. The van der Waals surface area contributed by atoms with Crippen molar-refractivity contribution in [3.63, 3.8) is 0 Å². The highest BCUT2D eigenvalue weighted by Gasteiger charge is 2.36. The lowest BCUT2D eigenvalue weighted by atomic mass is 10.2. The van der Waals surface area contributed by atoms with Gasteiger partial charge < -0.3 is 20.2 Å². The highest BCUT2D eigenvalue weighted by molar-refractivity contribution is 7.53. The lowest BCUT2D eigenvalue weighted by molar-refractivity contribution is -0.137. The van der Waals surface area contributed by atoms with Gasteiger partial charge in [0.1, 0.15) is 0 Å². The Hall–Kier alpha value is -0.910. The second-order valence-electron chi connectivity index (χ2n) is 3.61. The number of nitrogens with zero attached hydrogens (tertiary/aromatic N) is 1. The summed E-state index contributed by atoms with van der Waals surface area (Å²) in [6.07, 6.45) is 3.28. The Balaban J connectivity index is 2.71. The molecule has 0 saturated heterocycles. The van der Waals surface area contributed by atoms with Crippen molar-refractivity contribution in [2.24, 2.45) is 4.99 Å². The second kappa shape index (κ2) is 5.43. The maximum absolute atomic E-state index is 10.9. The summed E-state index contributed by atoms with van der Waals surface area (Å²) in [7, 11) is -4.70. The molecule has 1 aliphatic heterocycles. The van der Waals surface area contributed by atoms with Gasteiger partial charge in [-0.1, -0.05) is 6.42 Å². The Morgan fingerprint density at radius 3 is 2.62 bits per heavy atom. The number of aliphatic imine (C=N–C) groups is 1. The zero-order valence-corrected chi connectivity index (χ0v) is 9.56. The first-order chi connectivity index (χ1) is 7.41. The predicted molar refractivity (Wildman–Crippen MR) is 57.4 cm³/mol. The number of hydrogen-bond donors (Lipinski definition) is 4. The first-order valence-electron chi connectivity index (χ1n) is 4.99. The zero-order chi connectivity index (χ0) is 12.2. The van der Waals surface area contributed by atoms with E-state index in [2.05, 4.69) is 10.3 Å². The Morgan fingerprint density at radius 1 is 1.38 bits per heavy atom. The molecule has 16 heavy (non-hydrogen) atoms. The molecule has 0 amide bonds. The van der Waals surface area contributed by atoms with Crippen molar-refractivity contribution in [2.45, 2.75) is 31.5 Å². The van der Waals surface area contributed by atoms with Gasteiger partial charge in [0.15, 0.2) is 0 Å². The normalized spacial score (nSPS) is 19.5. The lowest BCUT2D eigenvalue weighted by Crippen LogP contribution is -2.40.